The molecule has 0 saturated heterocycles. The SMILES string of the molecule is C=CC(=O)CC(CS(=O)(=O)O)c1ccccc1. The molecule has 0 saturated carbocycles. The molecule has 92 valence electrons. The third-order valence-corrected chi connectivity index (χ3v) is 3.18. The van der Waals surface area contributed by atoms with Gasteiger partial charge in [0.25, 0.3) is 10.1 Å². The molecule has 1 atom stereocenters. The molecule has 0 aliphatic carbocycles. The van der Waals surface area contributed by atoms with Gasteiger partial charge >= 0.3 is 0 Å². The maximum atomic E-state index is 11.3. The van der Waals surface area contributed by atoms with E-state index in [2.05, 4.69) is 6.58 Å². The van der Waals surface area contributed by atoms with Crippen LogP contribution >= 0.6 is 0 Å². The molecule has 0 amide bonds. The second kappa shape index (κ2) is 5.75. The highest BCUT2D eigenvalue weighted by atomic mass is 32.2. The highest BCUT2D eigenvalue weighted by molar-refractivity contribution is 7.85. The first-order valence-electron chi connectivity index (χ1n) is 5.08. The zero-order chi connectivity index (χ0) is 12.9. The maximum Gasteiger partial charge on any atom is 0.265 e. The van der Waals surface area contributed by atoms with Gasteiger partial charge in [0.05, 0.1) is 5.75 Å². The van der Waals surface area contributed by atoms with Crippen LogP contribution in [0.3, 0.4) is 0 Å². The first kappa shape index (κ1) is 13.6. The predicted molar refractivity (Wildman–Crippen MR) is 65.4 cm³/mol. The largest absolute Gasteiger partial charge is 0.295 e. The molecule has 0 aliphatic rings. The Balaban J connectivity index is 2.94. The minimum atomic E-state index is -4.11. The number of carbonyl (C=O) groups excluding carboxylic acids is 1. The number of ketones is 1. The van der Waals surface area contributed by atoms with E-state index in [0.29, 0.717) is 5.56 Å². The minimum absolute atomic E-state index is 0.0211. The van der Waals surface area contributed by atoms with Crippen LogP contribution in [0.25, 0.3) is 0 Å². The normalized spacial score (nSPS) is 13.0. The van der Waals surface area contributed by atoms with E-state index in [-0.39, 0.29) is 12.2 Å². The third kappa shape index (κ3) is 4.93. The maximum absolute atomic E-state index is 11.3. The summed E-state index contributed by atoms with van der Waals surface area (Å²) < 4.78 is 30.7. The first-order valence-corrected chi connectivity index (χ1v) is 6.68. The van der Waals surface area contributed by atoms with Gasteiger partial charge in [-0.3, -0.25) is 9.35 Å². The lowest BCUT2D eigenvalue weighted by Crippen LogP contribution is -2.16. The van der Waals surface area contributed by atoms with E-state index in [1.165, 1.54) is 0 Å². The molecule has 17 heavy (non-hydrogen) atoms. The average Bonchev–Trinajstić information content (AvgIpc) is 2.27. The molecular weight excluding hydrogens is 240 g/mol. The highest BCUT2D eigenvalue weighted by Crippen LogP contribution is 2.21. The van der Waals surface area contributed by atoms with Crippen LogP contribution in [0.1, 0.15) is 17.9 Å². The summed E-state index contributed by atoms with van der Waals surface area (Å²) >= 11 is 0. The van der Waals surface area contributed by atoms with Crippen molar-refractivity contribution in [1.29, 1.82) is 0 Å². The second-order valence-corrected chi connectivity index (χ2v) is 5.23. The van der Waals surface area contributed by atoms with E-state index in [1.807, 2.05) is 0 Å². The fraction of sp³-hybridized carbons (Fsp3) is 0.250. The number of benzene rings is 1. The van der Waals surface area contributed by atoms with Gasteiger partial charge in [-0.25, -0.2) is 0 Å². The average molecular weight is 254 g/mol. The van der Waals surface area contributed by atoms with Crippen LogP contribution in [-0.2, 0) is 14.9 Å². The molecule has 0 aliphatic heterocycles. The van der Waals surface area contributed by atoms with Crippen molar-refractivity contribution in [1.82, 2.24) is 0 Å². The van der Waals surface area contributed by atoms with Crippen LogP contribution in [0.15, 0.2) is 43.0 Å². The Kier molecular flexibility index (Phi) is 4.60. The molecule has 0 bridgehead atoms. The van der Waals surface area contributed by atoms with Crippen LogP contribution in [0.4, 0.5) is 0 Å². The van der Waals surface area contributed by atoms with Gasteiger partial charge in [-0.1, -0.05) is 36.9 Å². The van der Waals surface area contributed by atoms with Crippen LogP contribution in [0, 0.1) is 0 Å². The molecule has 0 fully saturated rings. The van der Waals surface area contributed by atoms with Crippen molar-refractivity contribution in [3.63, 3.8) is 0 Å². The van der Waals surface area contributed by atoms with E-state index >= 15 is 0 Å². The number of hydrogen-bond donors (Lipinski definition) is 1. The number of rotatable bonds is 6. The number of allylic oxidation sites excluding steroid dienone is 1. The summed E-state index contributed by atoms with van der Waals surface area (Å²) in [5.41, 5.74) is 0.709. The van der Waals surface area contributed by atoms with Crippen molar-refractivity contribution in [2.75, 3.05) is 5.75 Å². The molecular formula is C12H14O4S. The van der Waals surface area contributed by atoms with Crippen molar-refractivity contribution in [2.45, 2.75) is 12.3 Å². The fourth-order valence-electron chi connectivity index (χ4n) is 1.58. The summed E-state index contributed by atoms with van der Waals surface area (Å²) in [6, 6.07) is 8.76. The molecule has 1 unspecified atom stereocenters. The van der Waals surface area contributed by atoms with Gasteiger partial charge in [-0.15, -0.1) is 0 Å². The summed E-state index contributed by atoms with van der Waals surface area (Å²) in [4.78, 5) is 11.3. The molecule has 1 aromatic rings. The van der Waals surface area contributed by atoms with Gasteiger partial charge in [-0.05, 0) is 11.6 Å². The zero-order valence-electron chi connectivity index (χ0n) is 9.24. The zero-order valence-corrected chi connectivity index (χ0v) is 10.1. The van der Waals surface area contributed by atoms with E-state index in [0.717, 1.165) is 6.08 Å². The Labute approximate surface area is 101 Å². The molecule has 0 heterocycles. The van der Waals surface area contributed by atoms with Crippen LogP contribution in [0.5, 0.6) is 0 Å². The monoisotopic (exact) mass is 254 g/mol. The lowest BCUT2D eigenvalue weighted by atomic mass is 9.95. The molecule has 1 N–H and O–H groups in total. The Bertz CT molecular complexity index is 490. The molecule has 1 rings (SSSR count). The Morgan fingerprint density at radius 1 is 1.35 bits per heavy atom. The first-order chi connectivity index (χ1) is 7.92. The summed E-state index contributed by atoms with van der Waals surface area (Å²) in [6.07, 6.45) is 1.17. The van der Waals surface area contributed by atoms with Crippen molar-refractivity contribution in [3.8, 4) is 0 Å². The van der Waals surface area contributed by atoms with Crippen molar-refractivity contribution < 1.29 is 17.8 Å². The quantitative estimate of drug-likeness (QED) is 0.620. The molecule has 1 aromatic carbocycles. The predicted octanol–water partition coefficient (Wildman–Crippen LogP) is 1.80. The van der Waals surface area contributed by atoms with Crippen LogP contribution in [0.2, 0.25) is 0 Å². The van der Waals surface area contributed by atoms with Crippen molar-refractivity contribution in [3.05, 3.63) is 48.6 Å². The molecule has 0 aromatic heterocycles. The smallest absolute Gasteiger partial charge is 0.265 e. The Hall–Kier alpha value is -1.46. The fourth-order valence-corrected chi connectivity index (χ4v) is 2.40. The lowest BCUT2D eigenvalue weighted by Gasteiger charge is -2.13. The lowest BCUT2D eigenvalue weighted by molar-refractivity contribution is -0.114. The molecule has 0 radical (unpaired) electrons. The van der Waals surface area contributed by atoms with Crippen molar-refractivity contribution >= 4 is 15.9 Å². The van der Waals surface area contributed by atoms with Gasteiger partial charge in [0, 0.05) is 12.3 Å². The molecule has 0 spiro atoms. The minimum Gasteiger partial charge on any atom is -0.295 e. The van der Waals surface area contributed by atoms with Gasteiger partial charge in [-0.2, -0.15) is 8.42 Å². The second-order valence-electron chi connectivity index (χ2n) is 3.73. The Morgan fingerprint density at radius 2 is 1.94 bits per heavy atom. The van der Waals surface area contributed by atoms with E-state index in [1.54, 1.807) is 30.3 Å². The number of hydrogen-bond acceptors (Lipinski definition) is 3. The summed E-state index contributed by atoms with van der Waals surface area (Å²) in [5.74, 6) is -1.25. The number of carbonyl (C=O) groups is 1. The molecule has 5 heteroatoms. The summed E-state index contributed by atoms with van der Waals surface area (Å²) in [7, 11) is -4.11. The standard InChI is InChI=1S/C12H14O4S/c1-2-12(13)8-11(9-17(14,15)16)10-6-4-3-5-7-10/h2-7,11H,1,8-9H2,(H,14,15,16). The highest BCUT2D eigenvalue weighted by Gasteiger charge is 2.20. The van der Waals surface area contributed by atoms with Gasteiger partial charge < -0.3 is 0 Å². The van der Waals surface area contributed by atoms with Gasteiger partial charge in [0.2, 0.25) is 0 Å². The van der Waals surface area contributed by atoms with E-state index < -0.39 is 21.8 Å². The summed E-state index contributed by atoms with van der Waals surface area (Å²) in [5, 5.41) is 0. The van der Waals surface area contributed by atoms with Crippen LogP contribution in [-0.4, -0.2) is 24.5 Å². The molecule has 4 nitrogen and oxygen atoms in total. The van der Waals surface area contributed by atoms with E-state index in [9.17, 15) is 13.2 Å². The third-order valence-electron chi connectivity index (χ3n) is 2.36. The van der Waals surface area contributed by atoms with Crippen molar-refractivity contribution in [2.24, 2.45) is 0 Å². The van der Waals surface area contributed by atoms with Gasteiger partial charge in [0.1, 0.15) is 0 Å². The summed E-state index contributed by atoms with van der Waals surface area (Å²) in [6.45, 7) is 3.34. The Morgan fingerprint density at radius 3 is 2.41 bits per heavy atom. The van der Waals surface area contributed by atoms with E-state index in [4.69, 9.17) is 4.55 Å². The van der Waals surface area contributed by atoms with Crippen LogP contribution < -0.4 is 0 Å². The topological polar surface area (TPSA) is 71.4 Å². The van der Waals surface area contributed by atoms with Gasteiger partial charge in [0.15, 0.2) is 5.78 Å².